The van der Waals surface area contributed by atoms with Crippen molar-refractivity contribution in [3.8, 4) is 0 Å². The Kier molecular flexibility index (Phi) is 5.50. The third-order valence-electron chi connectivity index (χ3n) is 3.21. The maximum absolute atomic E-state index is 11.0. The average Bonchev–Trinajstić information content (AvgIpc) is 2.60. The summed E-state index contributed by atoms with van der Waals surface area (Å²) in [6, 6.07) is 12.3. The van der Waals surface area contributed by atoms with Gasteiger partial charge >= 0.3 is 0 Å². The lowest BCUT2D eigenvalue weighted by molar-refractivity contribution is -0.114. The molecule has 3 rings (SSSR count). The fourth-order valence-electron chi connectivity index (χ4n) is 2.11. The van der Waals surface area contributed by atoms with Crippen molar-refractivity contribution in [1.82, 2.24) is 15.2 Å². The molecule has 2 aromatic carbocycles. The highest BCUT2D eigenvalue weighted by Crippen LogP contribution is 2.26. The Morgan fingerprint density at radius 2 is 1.62 bits per heavy atom. The molecular formula is C17H14Cl2N6O. The van der Waals surface area contributed by atoms with Crippen molar-refractivity contribution in [2.45, 2.75) is 6.92 Å². The van der Waals surface area contributed by atoms with Gasteiger partial charge in [0.25, 0.3) is 0 Å². The fraction of sp³-hybridized carbons (Fsp3) is 0.0588. The van der Waals surface area contributed by atoms with Gasteiger partial charge in [0.15, 0.2) is 5.82 Å². The van der Waals surface area contributed by atoms with E-state index in [1.54, 1.807) is 42.5 Å². The van der Waals surface area contributed by atoms with Crippen molar-refractivity contribution >= 4 is 57.9 Å². The quantitative estimate of drug-likeness (QED) is 0.590. The van der Waals surface area contributed by atoms with E-state index in [-0.39, 0.29) is 5.91 Å². The van der Waals surface area contributed by atoms with E-state index < -0.39 is 0 Å². The highest BCUT2D eigenvalue weighted by atomic mass is 35.5. The van der Waals surface area contributed by atoms with Crippen LogP contribution >= 0.6 is 23.2 Å². The van der Waals surface area contributed by atoms with Crippen LogP contribution < -0.4 is 16.0 Å². The molecule has 0 unspecified atom stereocenters. The minimum atomic E-state index is -0.126. The Morgan fingerprint density at radius 3 is 2.31 bits per heavy atom. The molecule has 3 N–H and O–H groups in total. The first-order valence-electron chi connectivity index (χ1n) is 7.56. The van der Waals surface area contributed by atoms with Crippen LogP contribution in [-0.2, 0) is 4.79 Å². The van der Waals surface area contributed by atoms with Gasteiger partial charge in [-0.2, -0.15) is 10.1 Å². The van der Waals surface area contributed by atoms with E-state index in [0.29, 0.717) is 27.5 Å². The monoisotopic (exact) mass is 388 g/mol. The van der Waals surface area contributed by atoms with Crippen molar-refractivity contribution < 1.29 is 4.79 Å². The lowest BCUT2D eigenvalue weighted by Crippen LogP contribution is -2.06. The second kappa shape index (κ2) is 7.99. The highest BCUT2D eigenvalue weighted by molar-refractivity contribution is 6.42. The smallest absolute Gasteiger partial charge is 0.249 e. The standard InChI is InChI=1S/C17H14Cl2N6O/c1-10(26)21-11-2-4-12(5-3-11)23-17-24-16(9-20-25-17)22-13-6-7-14(18)15(19)8-13/h2-9H,1H3,(H,21,26)(H2,22,23,24,25). The van der Waals surface area contributed by atoms with E-state index in [9.17, 15) is 4.79 Å². The molecule has 1 amide bonds. The summed E-state index contributed by atoms with van der Waals surface area (Å²) < 4.78 is 0. The third kappa shape index (κ3) is 4.81. The molecule has 0 saturated carbocycles. The summed E-state index contributed by atoms with van der Waals surface area (Å²) in [6.45, 7) is 1.46. The van der Waals surface area contributed by atoms with Gasteiger partial charge in [-0.1, -0.05) is 23.2 Å². The van der Waals surface area contributed by atoms with Gasteiger partial charge in [0.05, 0.1) is 16.2 Å². The first-order chi connectivity index (χ1) is 12.5. The molecule has 0 fully saturated rings. The molecular weight excluding hydrogens is 375 g/mol. The molecule has 9 heteroatoms. The Morgan fingerprint density at radius 1 is 0.923 bits per heavy atom. The van der Waals surface area contributed by atoms with Crippen LogP contribution in [0.5, 0.6) is 0 Å². The van der Waals surface area contributed by atoms with E-state index in [1.807, 2.05) is 0 Å². The number of amides is 1. The van der Waals surface area contributed by atoms with Crippen molar-refractivity contribution in [2.24, 2.45) is 0 Å². The lowest BCUT2D eigenvalue weighted by Gasteiger charge is -2.09. The Labute approximate surface area is 159 Å². The van der Waals surface area contributed by atoms with Gasteiger partial charge in [-0.15, -0.1) is 5.10 Å². The molecule has 7 nitrogen and oxygen atoms in total. The zero-order valence-electron chi connectivity index (χ0n) is 13.6. The van der Waals surface area contributed by atoms with Crippen molar-refractivity contribution in [3.05, 3.63) is 58.7 Å². The molecule has 0 aliphatic rings. The van der Waals surface area contributed by atoms with Crippen LogP contribution in [0.2, 0.25) is 10.0 Å². The summed E-state index contributed by atoms with van der Waals surface area (Å²) in [6.07, 6.45) is 1.49. The molecule has 132 valence electrons. The number of halogens is 2. The van der Waals surface area contributed by atoms with E-state index in [1.165, 1.54) is 13.1 Å². The van der Waals surface area contributed by atoms with Crippen LogP contribution in [0.1, 0.15) is 6.92 Å². The zero-order chi connectivity index (χ0) is 18.5. The predicted molar refractivity (Wildman–Crippen MR) is 104 cm³/mol. The van der Waals surface area contributed by atoms with Crippen molar-refractivity contribution in [3.63, 3.8) is 0 Å². The minimum absolute atomic E-state index is 0.126. The van der Waals surface area contributed by atoms with Crippen molar-refractivity contribution in [1.29, 1.82) is 0 Å². The van der Waals surface area contributed by atoms with Crippen LogP contribution in [0.25, 0.3) is 0 Å². The summed E-state index contributed by atoms with van der Waals surface area (Å²) in [5.74, 6) is 0.692. The van der Waals surface area contributed by atoms with Gasteiger partial charge in [-0.05, 0) is 42.5 Å². The molecule has 0 saturated heterocycles. The topological polar surface area (TPSA) is 91.8 Å². The predicted octanol–water partition coefficient (Wildman–Crippen LogP) is 4.62. The maximum atomic E-state index is 11.0. The Balaban J connectivity index is 1.70. The number of anilines is 5. The molecule has 1 heterocycles. The molecule has 3 aromatic rings. The Hall–Kier alpha value is -2.90. The van der Waals surface area contributed by atoms with Gasteiger partial charge in [-0.3, -0.25) is 4.79 Å². The van der Waals surface area contributed by atoms with Gasteiger partial charge in [0.2, 0.25) is 11.9 Å². The summed E-state index contributed by atoms with van der Waals surface area (Å²) in [4.78, 5) is 15.4. The number of carbonyl (C=O) groups is 1. The van der Waals surface area contributed by atoms with Crippen LogP contribution in [0.3, 0.4) is 0 Å². The largest absolute Gasteiger partial charge is 0.339 e. The molecule has 0 aliphatic carbocycles. The van der Waals surface area contributed by atoms with Crippen molar-refractivity contribution in [2.75, 3.05) is 16.0 Å². The molecule has 26 heavy (non-hydrogen) atoms. The Bertz CT molecular complexity index is 933. The number of carbonyl (C=O) groups excluding carboxylic acids is 1. The number of nitrogens with zero attached hydrogens (tertiary/aromatic N) is 3. The van der Waals surface area contributed by atoms with E-state index in [0.717, 1.165) is 11.4 Å². The molecule has 0 bridgehead atoms. The molecule has 0 spiro atoms. The first kappa shape index (κ1) is 17.9. The minimum Gasteiger partial charge on any atom is -0.339 e. The number of benzene rings is 2. The van der Waals surface area contributed by atoms with Gasteiger partial charge < -0.3 is 16.0 Å². The average molecular weight is 389 g/mol. The highest BCUT2D eigenvalue weighted by Gasteiger charge is 2.04. The summed E-state index contributed by atoms with van der Waals surface area (Å²) >= 11 is 11.9. The van der Waals surface area contributed by atoms with Crippen LogP contribution in [0.4, 0.5) is 28.8 Å². The number of rotatable bonds is 5. The van der Waals surface area contributed by atoms with Crippen LogP contribution in [0, 0.1) is 0 Å². The van der Waals surface area contributed by atoms with E-state index in [4.69, 9.17) is 23.2 Å². The van der Waals surface area contributed by atoms with Crippen LogP contribution in [0.15, 0.2) is 48.7 Å². The number of hydrogen-bond donors (Lipinski definition) is 3. The summed E-state index contributed by atoms with van der Waals surface area (Å²) in [5, 5.41) is 17.6. The molecule has 0 atom stereocenters. The molecule has 0 aliphatic heterocycles. The summed E-state index contributed by atoms with van der Waals surface area (Å²) in [7, 11) is 0. The van der Waals surface area contributed by atoms with E-state index >= 15 is 0 Å². The molecule has 0 radical (unpaired) electrons. The van der Waals surface area contributed by atoms with Gasteiger partial charge in [-0.25, -0.2) is 0 Å². The fourth-order valence-corrected chi connectivity index (χ4v) is 2.41. The first-order valence-corrected chi connectivity index (χ1v) is 8.32. The van der Waals surface area contributed by atoms with Gasteiger partial charge in [0.1, 0.15) is 0 Å². The zero-order valence-corrected chi connectivity index (χ0v) is 15.1. The number of nitrogens with one attached hydrogen (secondary N) is 3. The second-order valence-corrected chi connectivity index (χ2v) is 6.12. The lowest BCUT2D eigenvalue weighted by atomic mass is 10.3. The number of aromatic nitrogens is 3. The second-order valence-electron chi connectivity index (χ2n) is 5.30. The summed E-state index contributed by atoms with van der Waals surface area (Å²) in [5.41, 5.74) is 2.19. The number of hydrogen-bond acceptors (Lipinski definition) is 6. The molecule has 1 aromatic heterocycles. The maximum Gasteiger partial charge on any atom is 0.249 e. The van der Waals surface area contributed by atoms with E-state index in [2.05, 4.69) is 31.1 Å². The van der Waals surface area contributed by atoms with Crippen LogP contribution in [-0.4, -0.2) is 21.1 Å². The van der Waals surface area contributed by atoms with Gasteiger partial charge in [0, 0.05) is 24.0 Å². The third-order valence-corrected chi connectivity index (χ3v) is 3.95. The normalized spacial score (nSPS) is 10.3. The SMILES string of the molecule is CC(=O)Nc1ccc(Nc2nncc(Nc3ccc(Cl)c(Cl)c3)n2)cc1.